The molecule has 2 N–H and O–H groups in total. The Labute approximate surface area is 118 Å². The molecule has 0 bridgehead atoms. The summed E-state index contributed by atoms with van der Waals surface area (Å²) in [6.07, 6.45) is 3.42. The zero-order chi connectivity index (χ0) is 14.1. The van der Waals surface area contributed by atoms with E-state index >= 15 is 0 Å². The number of benzene rings is 1. The van der Waals surface area contributed by atoms with E-state index in [0.717, 1.165) is 23.6 Å². The van der Waals surface area contributed by atoms with Crippen LogP contribution in [0.3, 0.4) is 0 Å². The summed E-state index contributed by atoms with van der Waals surface area (Å²) < 4.78 is 0. The number of carbonyl (C=O) groups excluding carboxylic acids is 1. The molecule has 0 saturated carbocycles. The number of rotatable bonds is 1. The third-order valence-electron chi connectivity index (χ3n) is 4.05. The minimum atomic E-state index is 0.0150. The number of likely N-dealkylation sites (tertiary alicyclic amines) is 1. The van der Waals surface area contributed by atoms with Crippen LogP contribution in [0.5, 0.6) is 0 Å². The molecule has 2 unspecified atom stereocenters. The van der Waals surface area contributed by atoms with Crippen LogP contribution in [0.1, 0.15) is 30.3 Å². The summed E-state index contributed by atoms with van der Waals surface area (Å²) in [5.74, 6) is 0.0150. The quantitative estimate of drug-likeness (QED) is 0.863. The number of hydrogen-bond acceptors (Lipinski definition) is 3. The number of piperidine rings is 1. The molecule has 1 saturated heterocycles. The Kier molecular flexibility index (Phi) is 3.40. The van der Waals surface area contributed by atoms with Crippen LogP contribution in [-0.4, -0.2) is 34.4 Å². The Bertz CT molecular complexity index is 635. The molecular formula is C16H19N3O. The molecule has 1 fully saturated rings. The van der Waals surface area contributed by atoms with Crippen LogP contribution in [-0.2, 0) is 0 Å². The van der Waals surface area contributed by atoms with Gasteiger partial charge < -0.3 is 10.6 Å². The highest BCUT2D eigenvalue weighted by Gasteiger charge is 2.29. The maximum atomic E-state index is 12.8. The lowest BCUT2D eigenvalue weighted by molar-refractivity contribution is 0.0615. The first-order chi connectivity index (χ1) is 9.66. The Morgan fingerprint density at radius 3 is 2.95 bits per heavy atom. The molecular weight excluding hydrogens is 250 g/mol. The zero-order valence-electron chi connectivity index (χ0n) is 11.6. The lowest BCUT2D eigenvalue weighted by atomic mass is 9.98. The summed E-state index contributed by atoms with van der Waals surface area (Å²) in [7, 11) is 0. The Morgan fingerprint density at radius 2 is 2.15 bits per heavy atom. The summed E-state index contributed by atoms with van der Waals surface area (Å²) in [6, 6.07) is 10.2. The standard InChI is InChI=1S/C16H19N3O/c1-11-10-13(17)7-9-19(11)16(20)15-14-5-3-2-4-12(14)6-8-18-15/h2-6,8,11,13H,7,9-10,17H2,1H3. The highest BCUT2D eigenvalue weighted by Crippen LogP contribution is 2.22. The number of nitrogens with zero attached hydrogens (tertiary/aromatic N) is 2. The molecule has 0 spiro atoms. The van der Waals surface area contributed by atoms with Gasteiger partial charge in [0.25, 0.3) is 5.91 Å². The first-order valence-corrected chi connectivity index (χ1v) is 7.07. The molecule has 1 aliphatic rings. The monoisotopic (exact) mass is 269 g/mol. The fraction of sp³-hybridized carbons (Fsp3) is 0.375. The van der Waals surface area contributed by atoms with Gasteiger partial charge in [-0.25, -0.2) is 0 Å². The molecule has 1 aromatic heterocycles. The predicted molar refractivity (Wildman–Crippen MR) is 79.5 cm³/mol. The van der Waals surface area contributed by atoms with Gasteiger partial charge >= 0.3 is 0 Å². The molecule has 1 amide bonds. The second-order valence-electron chi connectivity index (χ2n) is 5.51. The number of hydrogen-bond donors (Lipinski definition) is 1. The van der Waals surface area contributed by atoms with Gasteiger partial charge in [-0.3, -0.25) is 9.78 Å². The van der Waals surface area contributed by atoms with Crippen molar-refractivity contribution in [3.63, 3.8) is 0 Å². The Hall–Kier alpha value is -1.94. The molecule has 104 valence electrons. The summed E-state index contributed by atoms with van der Waals surface area (Å²) in [6.45, 7) is 2.77. The maximum Gasteiger partial charge on any atom is 0.273 e. The van der Waals surface area contributed by atoms with Crippen molar-refractivity contribution >= 4 is 16.7 Å². The second-order valence-corrected chi connectivity index (χ2v) is 5.51. The molecule has 1 aromatic carbocycles. The zero-order valence-corrected chi connectivity index (χ0v) is 11.6. The van der Waals surface area contributed by atoms with Crippen LogP contribution >= 0.6 is 0 Å². The first-order valence-electron chi connectivity index (χ1n) is 7.07. The average Bonchev–Trinajstić information content (AvgIpc) is 2.46. The molecule has 3 rings (SSSR count). The number of aromatic nitrogens is 1. The van der Waals surface area contributed by atoms with Crippen molar-refractivity contribution in [3.05, 3.63) is 42.2 Å². The van der Waals surface area contributed by atoms with Gasteiger partial charge in [-0.15, -0.1) is 0 Å². The third kappa shape index (κ3) is 2.27. The van der Waals surface area contributed by atoms with Crippen LogP contribution in [0.2, 0.25) is 0 Å². The van der Waals surface area contributed by atoms with Crippen LogP contribution in [0.4, 0.5) is 0 Å². The fourth-order valence-electron chi connectivity index (χ4n) is 2.94. The van der Waals surface area contributed by atoms with E-state index in [1.807, 2.05) is 35.2 Å². The first kappa shape index (κ1) is 13.1. The highest BCUT2D eigenvalue weighted by atomic mass is 16.2. The van der Waals surface area contributed by atoms with Crippen LogP contribution < -0.4 is 5.73 Å². The van der Waals surface area contributed by atoms with Gasteiger partial charge in [0.15, 0.2) is 0 Å². The van der Waals surface area contributed by atoms with E-state index in [2.05, 4.69) is 11.9 Å². The minimum absolute atomic E-state index is 0.0150. The molecule has 2 aromatic rings. The predicted octanol–water partition coefficient (Wildman–Crippen LogP) is 2.19. The second kappa shape index (κ2) is 5.21. The minimum Gasteiger partial charge on any atom is -0.334 e. The topological polar surface area (TPSA) is 59.2 Å². The Morgan fingerprint density at radius 1 is 1.35 bits per heavy atom. The van der Waals surface area contributed by atoms with E-state index in [4.69, 9.17) is 5.73 Å². The van der Waals surface area contributed by atoms with E-state index in [1.165, 1.54) is 0 Å². The molecule has 0 aliphatic carbocycles. The van der Waals surface area contributed by atoms with E-state index in [0.29, 0.717) is 12.2 Å². The molecule has 2 heterocycles. The van der Waals surface area contributed by atoms with Gasteiger partial charge in [0.05, 0.1) is 0 Å². The molecule has 4 heteroatoms. The molecule has 1 aliphatic heterocycles. The van der Waals surface area contributed by atoms with Gasteiger partial charge in [0.1, 0.15) is 5.69 Å². The highest BCUT2D eigenvalue weighted by molar-refractivity contribution is 6.05. The van der Waals surface area contributed by atoms with Crippen LogP contribution in [0.15, 0.2) is 36.5 Å². The van der Waals surface area contributed by atoms with Gasteiger partial charge in [-0.2, -0.15) is 0 Å². The summed E-state index contributed by atoms with van der Waals surface area (Å²) in [5, 5.41) is 1.97. The van der Waals surface area contributed by atoms with Gasteiger partial charge in [0.2, 0.25) is 0 Å². The van der Waals surface area contributed by atoms with Crippen molar-refractivity contribution in [1.29, 1.82) is 0 Å². The van der Waals surface area contributed by atoms with E-state index in [9.17, 15) is 4.79 Å². The number of nitrogens with two attached hydrogens (primary N) is 1. The lowest BCUT2D eigenvalue weighted by Gasteiger charge is -2.36. The van der Waals surface area contributed by atoms with Crippen molar-refractivity contribution in [2.75, 3.05) is 6.54 Å². The number of pyridine rings is 1. The average molecular weight is 269 g/mol. The van der Waals surface area contributed by atoms with Gasteiger partial charge in [-0.05, 0) is 31.2 Å². The largest absolute Gasteiger partial charge is 0.334 e. The summed E-state index contributed by atoms with van der Waals surface area (Å²) in [4.78, 5) is 19.0. The fourth-order valence-corrected chi connectivity index (χ4v) is 2.94. The molecule has 4 nitrogen and oxygen atoms in total. The molecule has 2 atom stereocenters. The van der Waals surface area contributed by atoms with Crippen LogP contribution in [0, 0.1) is 0 Å². The summed E-state index contributed by atoms with van der Waals surface area (Å²) >= 11 is 0. The van der Waals surface area contributed by atoms with E-state index < -0.39 is 0 Å². The van der Waals surface area contributed by atoms with Gasteiger partial charge in [0, 0.05) is 30.2 Å². The van der Waals surface area contributed by atoms with Crippen molar-refractivity contribution in [2.45, 2.75) is 31.8 Å². The van der Waals surface area contributed by atoms with Crippen molar-refractivity contribution in [1.82, 2.24) is 9.88 Å². The Balaban J connectivity index is 1.97. The van der Waals surface area contributed by atoms with Gasteiger partial charge in [-0.1, -0.05) is 24.3 Å². The molecule has 0 radical (unpaired) electrons. The SMILES string of the molecule is CC1CC(N)CCN1C(=O)c1nccc2ccccc12. The lowest BCUT2D eigenvalue weighted by Crippen LogP contribution is -2.48. The maximum absolute atomic E-state index is 12.8. The number of fused-ring (bicyclic) bond motifs is 1. The normalized spacial score (nSPS) is 23.0. The van der Waals surface area contributed by atoms with Crippen LogP contribution in [0.25, 0.3) is 10.8 Å². The molecule has 20 heavy (non-hydrogen) atoms. The van der Waals surface area contributed by atoms with Crippen molar-refractivity contribution < 1.29 is 4.79 Å². The van der Waals surface area contributed by atoms with Crippen molar-refractivity contribution in [2.24, 2.45) is 5.73 Å². The van der Waals surface area contributed by atoms with E-state index in [1.54, 1.807) is 6.20 Å². The third-order valence-corrected chi connectivity index (χ3v) is 4.05. The number of carbonyl (C=O) groups is 1. The van der Waals surface area contributed by atoms with Crippen molar-refractivity contribution in [3.8, 4) is 0 Å². The smallest absolute Gasteiger partial charge is 0.273 e. The van der Waals surface area contributed by atoms with E-state index in [-0.39, 0.29) is 18.0 Å². The summed E-state index contributed by atoms with van der Waals surface area (Å²) in [5.41, 5.74) is 6.51. The number of amides is 1.